The van der Waals surface area contributed by atoms with E-state index in [2.05, 4.69) is 44.9 Å². The Balaban J connectivity index is 2.44. The highest BCUT2D eigenvalue weighted by Gasteiger charge is 2.08. The second kappa shape index (κ2) is 7.39. The monoisotopic (exact) mass is 272 g/mol. The molecule has 0 spiro atoms. The lowest BCUT2D eigenvalue weighted by molar-refractivity contribution is 0.591. The van der Waals surface area contributed by atoms with Gasteiger partial charge in [-0.05, 0) is 18.6 Å². The van der Waals surface area contributed by atoms with Crippen molar-refractivity contribution in [2.75, 3.05) is 5.75 Å². The van der Waals surface area contributed by atoms with Gasteiger partial charge in [-0.3, -0.25) is 0 Å². The van der Waals surface area contributed by atoms with Crippen molar-refractivity contribution < 1.29 is 0 Å². The molecule has 0 unspecified atom stereocenters. The highest BCUT2D eigenvalue weighted by atomic mass is 32.2. The lowest BCUT2D eigenvalue weighted by Gasteiger charge is -2.05. The van der Waals surface area contributed by atoms with Crippen LogP contribution in [0.4, 0.5) is 0 Å². The molecule has 0 aromatic carbocycles. The summed E-state index contributed by atoms with van der Waals surface area (Å²) in [5.74, 6) is 3.05. The molecule has 0 fully saturated rings. The molecule has 0 saturated heterocycles. The lowest BCUT2D eigenvalue weighted by Crippen LogP contribution is -2.21. The standard InChI is InChI=1S/C13H24N2S2/c1-9(2)7-16-8-13-15-11(5)12(17-13)6-14-10(3)4/h9-10,14H,6-8H2,1-5H3. The topological polar surface area (TPSA) is 24.9 Å². The van der Waals surface area contributed by atoms with E-state index in [0.29, 0.717) is 6.04 Å². The van der Waals surface area contributed by atoms with Gasteiger partial charge in [-0.25, -0.2) is 4.98 Å². The van der Waals surface area contributed by atoms with Gasteiger partial charge in [0.05, 0.1) is 5.69 Å². The Morgan fingerprint density at radius 2 is 2.00 bits per heavy atom. The van der Waals surface area contributed by atoms with E-state index in [0.717, 1.165) is 18.2 Å². The Labute approximate surface area is 114 Å². The first-order valence-electron chi connectivity index (χ1n) is 6.25. The van der Waals surface area contributed by atoms with Gasteiger partial charge < -0.3 is 5.32 Å². The molecule has 4 heteroatoms. The molecule has 98 valence electrons. The number of thioether (sulfide) groups is 1. The minimum absolute atomic E-state index is 0.537. The van der Waals surface area contributed by atoms with E-state index in [1.807, 2.05) is 23.1 Å². The van der Waals surface area contributed by atoms with Gasteiger partial charge in [-0.1, -0.05) is 27.7 Å². The minimum Gasteiger partial charge on any atom is -0.310 e. The molecule has 0 atom stereocenters. The SMILES string of the molecule is Cc1nc(CSCC(C)C)sc1CNC(C)C. The molecule has 17 heavy (non-hydrogen) atoms. The molecule has 1 N–H and O–H groups in total. The quantitative estimate of drug-likeness (QED) is 0.816. The summed E-state index contributed by atoms with van der Waals surface area (Å²) in [6, 6.07) is 0.537. The number of aryl methyl sites for hydroxylation is 1. The summed E-state index contributed by atoms with van der Waals surface area (Å²) in [6.45, 7) is 11.9. The van der Waals surface area contributed by atoms with Gasteiger partial charge in [0.15, 0.2) is 0 Å². The van der Waals surface area contributed by atoms with E-state index in [1.54, 1.807) is 0 Å². The number of nitrogens with one attached hydrogen (secondary N) is 1. The fourth-order valence-corrected chi connectivity index (χ4v) is 3.52. The lowest BCUT2D eigenvalue weighted by atomic mass is 10.3. The molecular weight excluding hydrogens is 248 g/mol. The van der Waals surface area contributed by atoms with E-state index in [4.69, 9.17) is 0 Å². The Hall–Kier alpha value is -0.0600. The van der Waals surface area contributed by atoms with Crippen molar-refractivity contribution in [2.24, 2.45) is 5.92 Å². The van der Waals surface area contributed by atoms with E-state index >= 15 is 0 Å². The Morgan fingerprint density at radius 1 is 1.29 bits per heavy atom. The first kappa shape index (κ1) is 15.0. The van der Waals surface area contributed by atoms with Gasteiger partial charge in [0, 0.05) is 23.2 Å². The zero-order chi connectivity index (χ0) is 12.8. The van der Waals surface area contributed by atoms with Gasteiger partial charge in [0.25, 0.3) is 0 Å². The average Bonchev–Trinajstić information content (AvgIpc) is 2.55. The summed E-state index contributed by atoms with van der Waals surface area (Å²) in [4.78, 5) is 6.03. The molecule has 0 aliphatic carbocycles. The largest absolute Gasteiger partial charge is 0.310 e. The van der Waals surface area contributed by atoms with Crippen LogP contribution in [0.1, 0.15) is 43.3 Å². The van der Waals surface area contributed by atoms with Crippen LogP contribution in [0.5, 0.6) is 0 Å². The van der Waals surface area contributed by atoms with Crippen LogP contribution < -0.4 is 5.32 Å². The van der Waals surface area contributed by atoms with Crippen LogP contribution in [0.25, 0.3) is 0 Å². The maximum Gasteiger partial charge on any atom is 0.103 e. The Morgan fingerprint density at radius 3 is 2.59 bits per heavy atom. The molecule has 0 bridgehead atoms. The molecule has 0 radical (unpaired) electrons. The zero-order valence-electron chi connectivity index (χ0n) is 11.5. The molecule has 0 aliphatic rings. The first-order chi connectivity index (χ1) is 7.99. The smallest absolute Gasteiger partial charge is 0.103 e. The van der Waals surface area contributed by atoms with Crippen LogP contribution in [0, 0.1) is 12.8 Å². The molecule has 1 aromatic rings. The van der Waals surface area contributed by atoms with Gasteiger partial charge in [0.2, 0.25) is 0 Å². The summed E-state index contributed by atoms with van der Waals surface area (Å²) >= 11 is 3.85. The molecule has 2 nitrogen and oxygen atoms in total. The normalized spacial score (nSPS) is 11.7. The van der Waals surface area contributed by atoms with Crippen molar-refractivity contribution in [2.45, 2.75) is 53.0 Å². The maximum atomic E-state index is 4.64. The predicted molar refractivity (Wildman–Crippen MR) is 79.8 cm³/mol. The third-order valence-electron chi connectivity index (χ3n) is 2.28. The van der Waals surface area contributed by atoms with Crippen LogP contribution in [0.2, 0.25) is 0 Å². The van der Waals surface area contributed by atoms with Crippen LogP contribution in [-0.2, 0) is 12.3 Å². The third kappa shape index (κ3) is 5.89. The number of thiazole rings is 1. The Kier molecular flexibility index (Phi) is 6.52. The fraction of sp³-hybridized carbons (Fsp3) is 0.769. The van der Waals surface area contributed by atoms with Crippen molar-refractivity contribution in [3.63, 3.8) is 0 Å². The molecular formula is C13H24N2S2. The maximum absolute atomic E-state index is 4.64. The second-order valence-electron chi connectivity index (χ2n) is 5.06. The highest BCUT2D eigenvalue weighted by molar-refractivity contribution is 7.98. The summed E-state index contributed by atoms with van der Waals surface area (Å²) in [6.07, 6.45) is 0. The minimum atomic E-state index is 0.537. The van der Waals surface area contributed by atoms with Gasteiger partial charge in [-0.15, -0.1) is 11.3 Å². The van der Waals surface area contributed by atoms with Gasteiger partial charge >= 0.3 is 0 Å². The van der Waals surface area contributed by atoms with Crippen molar-refractivity contribution in [1.29, 1.82) is 0 Å². The summed E-state index contributed by atoms with van der Waals surface area (Å²) in [7, 11) is 0. The van der Waals surface area contributed by atoms with E-state index < -0.39 is 0 Å². The van der Waals surface area contributed by atoms with Crippen LogP contribution >= 0.6 is 23.1 Å². The van der Waals surface area contributed by atoms with Crippen molar-refractivity contribution in [3.8, 4) is 0 Å². The van der Waals surface area contributed by atoms with E-state index in [1.165, 1.54) is 21.3 Å². The zero-order valence-corrected chi connectivity index (χ0v) is 13.2. The number of hydrogen-bond acceptors (Lipinski definition) is 4. The highest BCUT2D eigenvalue weighted by Crippen LogP contribution is 2.23. The number of nitrogens with zero attached hydrogens (tertiary/aromatic N) is 1. The van der Waals surface area contributed by atoms with Crippen molar-refractivity contribution in [1.82, 2.24) is 10.3 Å². The van der Waals surface area contributed by atoms with Crippen LogP contribution in [-0.4, -0.2) is 16.8 Å². The third-order valence-corrected chi connectivity index (χ3v) is 5.00. The van der Waals surface area contributed by atoms with Crippen molar-refractivity contribution >= 4 is 23.1 Å². The molecule has 1 rings (SSSR count). The number of rotatable bonds is 7. The number of aromatic nitrogens is 1. The molecule has 1 aromatic heterocycles. The average molecular weight is 272 g/mol. The van der Waals surface area contributed by atoms with Crippen LogP contribution in [0.3, 0.4) is 0 Å². The van der Waals surface area contributed by atoms with E-state index in [9.17, 15) is 0 Å². The second-order valence-corrected chi connectivity index (χ2v) is 7.26. The first-order valence-corrected chi connectivity index (χ1v) is 8.22. The van der Waals surface area contributed by atoms with Crippen LogP contribution in [0.15, 0.2) is 0 Å². The summed E-state index contributed by atoms with van der Waals surface area (Å²) in [5.41, 5.74) is 1.20. The van der Waals surface area contributed by atoms with Gasteiger partial charge in [0.1, 0.15) is 5.01 Å². The Bertz CT molecular complexity index is 332. The summed E-state index contributed by atoms with van der Waals surface area (Å²) < 4.78 is 0. The van der Waals surface area contributed by atoms with E-state index in [-0.39, 0.29) is 0 Å². The molecule has 1 heterocycles. The fourth-order valence-electron chi connectivity index (χ4n) is 1.39. The summed E-state index contributed by atoms with van der Waals surface area (Å²) in [5, 5.41) is 4.73. The van der Waals surface area contributed by atoms with Gasteiger partial charge in [-0.2, -0.15) is 11.8 Å². The molecule has 0 saturated carbocycles. The predicted octanol–water partition coefficient (Wildman–Crippen LogP) is 3.84. The molecule has 0 amide bonds. The number of hydrogen-bond donors (Lipinski definition) is 1. The molecule has 0 aliphatic heterocycles. The van der Waals surface area contributed by atoms with Crippen molar-refractivity contribution in [3.05, 3.63) is 15.6 Å².